The molecule has 0 radical (unpaired) electrons. The molecule has 3 N–H and O–H groups in total. The van der Waals surface area contributed by atoms with E-state index in [2.05, 4.69) is 0 Å². The summed E-state index contributed by atoms with van der Waals surface area (Å²) in [7, 11) is 0. The number of phenols is 1. The fourth-order valence-corrected chi connectivity index (χ4v) is 5.36. The Morgan fingerprint density at radius 1 is 0.895 bits per heavy atom. The second-order valence-electron chi connectivity index (χ2n) is 9.29. The van der Waals surface area contributed by atoms with Crippen molar-refractivity contribution in [1.29, 1.82) is 0 Å². The number of rotatable bonds is 8. The van der Waals surface area contributed by atoms with Gasteiger partial charge in [0.1, 0.15) is 11.6 Å². The minimum absolute atomic E-state index is 0.0276. The average Bonchev–Trinajstić information content (AvgIpc) is 2.93. The van der Waals surface area contributed by atoms with Gasteiger partial charge in [0, 0.05) is 11.3 Å². The monoisotopic (exact) mass is 531 g/mol. The molecule has 5 rings (SSSR count). The van der Waals surface area contributed by atoms with Gasteiger partial charge in [0.2, 0.25) is 5.91 Å². The van der Waals surface area contributed by atoms with Gasteiger partial charge in [0.25, 0.3) is 0 Å². The number of anilines is 1. The third-order valence-electron chi connectivity index (χ3n) is 6.99. The van der Waals surface area contributed by atoms with Crippen molar-refractivity contribution in [2.24, 2.45) is 5.92 Å². The highest BCUT2D eigenvalue weighted by atomic mass is 32.2. The second kappa shape index (κ2) is 10.9. The molecule has 1 unspecified atom stereocenters. The van der Waals surface area contributed by atoms with E-state index in [-0.39, 0.29) is 22.4 Å². The van der Waals surface area contributed by atoms with Crippen LogP contribution in [0.4, 0.5) is 10.1 Å². The lowest BCUT2D eigenvalue weighted by molar-refractivity contribution is -0.131. The number of phenolic OH excluding ortho intramolecular Hbond substituents is 1. The summed E-state index contributed by atoms with van der Waals surface area (Å²) < 4.78 is 33.8. The van der Waals surface area contributed by atoms with Crippen LogP contribution in [-0.2, 0) is 15.9 Å². The normalized spacial score (nSPS) is 18.6. The topological polar surface area (TPSA) is 98.1 Å². The average molecular weight is 532 g/mol. The number of benzene rings is 4. The molecule has 0 bridgehead atoms. The number of β-lactam (4-membered cyclic amide) rings is 1. The number of aliphatic hydroxyl groups excluding tert-OH is 1. The van der Waals surface area contributed by atoms with Crippen molar-refractivity contribution in [3.8, 4) is 16.9 Å². The van der Waals surface area contributed by atoms with Crippen molar-refractivity contribution in [1.82, 2.24) is 0 Å². The van der Waals surface area contributed by atoms with Crippen LogP contribution < -0.4 is 4.90 Å². The maximum atomic E-state index is 13.3. The molecule has 6 nitrogen and oxygen atoms in total. The van der Waals surface area contributed by atoms with Crippen LogP contribution in [-0.4, -0.2) is 24.9 Å². The molecule has 0 spiro atoms. The number of aromatic hydroxyl groups is 1. The lowest BCUT2D eigenvalue weighted by Gasteiger charge is -2.48. The number of aliphatic hydroxyl groups is 1. The Hall–Kier alpha value is -3.85. The summed E-state index contributed by atoms with van der Waals surface area (Å²) in [5, 5.41) is 21.7. The van der Waals surface area contributed by atoms with Gasteiger partial charge in [-0.05, 0) is 72.0 Å². The molecule has 194 valence electrons. The number of carbonyl (C=O) groups excluding carboxylic acids is 1. The number of amides is 1. The van der Waals surface area contributed by atoms with E-state index in [0.717, 1.165) is 11.1 Å². The number of carbonyl (C=O) groups is 1. The minimum atomic E-state index is -2.07. The second-order valence-corrected chi connectivity index (χ2v) is 10.3. The SMILES string of the molecule is O=C1[C@H](CC[C@H](O)c2ccc(F)cc2)[C@@H](c2ccc(-c3ccc(S(=O)O)cc3)cc2O)N1c1ccccc1. The summed E-state index contributed by atoms with van der Waals surface area (Å²) in [4.78, 5) is 15.2. The lowest BCUT2D eigenvalue weighted by Crippen LogP contribution is -2.55. The summed E-state index contributed by atoms with van der Waals surface area (Å²) in [6, 6.07) is 26.2. The number of para-hydroxylation sites is 1. The Labute approximate surface area is 222 Å². The number of hydrogen-bond donors (Lipinski definition) is 3. The Bertz CT molecular complexity index is 1460. The molecular weight excluding hydrogens is 505 g/mol. The van der Waals surface area contributed by atoms with Crippen LogP contribution in [0.3, 0.4) is 0 Å². The molecule has 0 aliphatic carbocycles. The van der Waals surface area contributed by atoms with Crippen LogP contribution in [0, 0.1) is 11.7 Å². The highest BCUT2D eigenvalue weighted by Gasteiger charge is 2.49. The molecule has 1 heterocycles. The molecule has 1 fully saturated rings. The number of nitrogens with zero attached hydrogens (tertiary/aromatic N) is 1. The summed E-state index contributed by atoms with van der Waals surface area (Å²) in [5.41, 5.74) is 3.38. The first-order valence-corrected chi connectivity index (χ1v) is 13.3. The highest BCUT2D eigenvalue weighted by Crippen LogP contribution is 2.49. The molecule has 1 amide bonds. The van der Waals surface area contributed by atoms with Gasteiger partial charge in [-0.1, -0.05) is 54.6 Å². The minimum Gasteiger partial charge on any atom is -0.508 e. The van der Waals surface area contributed by atoms with Gasteiger partial charge >= 0.3 is 0 Å². The zero-order valence-electron chi connectivity index (χ0n) is 20.3. The first-order valence-electron chi connectivity index (χ1n) is 12.2. The first kappa shape index (κ1) is 25.8. The molecule has 4 aromatic rings. The predicted molar refractivity (Wildman–Crippen MR) is 143 cm³/mol. The van der Waals surface area contributed by atoms with Gasteiger partial charge < -0.3 is 19.7 Å². The molecular formula is C30H26FNO5S. The summed E-state index contributed by atoms with van der Waals surface area (Å²) in [6.07, 6.45) is -0.160. The van der Waals surface area contributed by atoms with Crippen LogP contribution in [0.25, 0.3) is 11.1 Å². The van der Waals surface area contributed by atoms with Gasteiger partial charge in [-0.3, -0.25) is 4.79 Å². The van der Waals surface area contributed by atoms with E-state index in [4.69, 9.17) is 0 Å². The summed E-state index contributed by atoms with van der Waals surface area (Å²) in [6.45, 7) is 0. The van der Waals surface area contributed by atoms with Crippen molar-refractivity contribution in [3.05, 3.63) is 114 Å². The van der Waals surface area contributed by atoms with E-state index < -0.39 is 29.1 Å². The summed E-state index contributed by atoms with van der Waals surface area (Å²) in [5.74, 6) is -0.906. The Balaban J connectivity index is 1.41. The van der Waals surface area contributed by atoms with Crippen molar-refractivity contribution >= 4 is 22.7 Å². The fraction of sp³-hybridized carbons (Fsp3) is 0.167. The number of halogens is 1. The fourth-order valence-electron chi connectivity index (χ4n) is 4.99. The third kappa shape index (κ3) is 5.11. The Morgan fingerprint density at radius 2 is 1.55 bits per heavy atom. The van der Waals surface area contributed by atoms with E-state index in [1.807, 2.05) is 36.4 Å². The zero-order chi connectivity index (χ0) is 26.8. The predicted octanol–water partition coefficient (Wildman–Crippen LogP) is 6.00. The Morgan fingerprint density at radius 3 is 2.18 bits per heavy atom. The van der Waals surface area contributed by atoms with Crippen molar-refractivity contribution in [3.63, 3.8) is 0 Å². The number of hydrogen-bond acceptors (Lipinski definition) is 4. The molecule has 1 aliphatic rings. The van der Waals surface area contributed by atoms with Crippen molar-refractivity contribution in [2.75, 3.05) is 4.90 Å². The first-order chi connectivity index (χ1) is 18.3. The van der Waals surface area contributed by atoms with Gasteiger partial charge in [0.15, 0.2) is 11.1 Å². The van der Waals surface area contributed by atoms with Crippen molar-refractivity contribution < 1.29 is 28.2 Å². The van der Waals surface area contributed by atoms with Crippen LogP contribution >= 0.6 is 0 Å². The molecule has 1 saturated heterocycles. The summed E-state index contributed by atoms with van der Waals surface area (Å²) >= 11 is -2.07. The maximum absolute atomic E-state index is 13.3. The van der Waals surface area contributed by atoms with E-state index in [1.165, 1.54) is 24.3 Å². The molecule has 4 aromatic carbocycles. The quantitative estimate of drug-likeness (QED) is 0.191. The van der Waals surface area contributed by atoms with E-state index in [0.29, 0.717) is 29.7 Å². The third-order valence-corrected chi connectivity index (χ3v) is 7.67. The van der Waals surface area contributed by atoms with Crippen molar-refractivity contribution in [2.45, 2.75) is 29.9 Å². The van der Waals surface area contributed by atoms with Gasteiger partial charge in [-0.15, -0.1) is 0 Å². The van der Waals surface area contributed by atoms with Gasteiger partial charge in [0.05, 0.1) is 23.0 Å². The van der Waals surface area contributed by atoms with Crippen LogP contribution in [0.15, 0.2) is 102 Å². The zero-order valence-corrected chi connectivity index (χ0v) is 21.1. The smallest absolute Gasteiger partial charge is 0.233 e. The highest BCUT2D eigenvalue weighted by molar-refractivity contribution is 7.79. The van der Waals surface area contributed by atoms with E-state index in [9.17, 15) is 28.2 Å². The van der Waals surface area contributed by atoms with Gasteiger partial charge in [-0.2, -0.15) is 0 Å². The Kier molecular flexibility index (Phi) is 7.37. The molecule has 4 atom stereocenters. The molecule has 0 saturated carbocycles. The van der Waals surface area contributed by atoms with E-state index >= 15 is 0 Å². The molecule has 0 aromatic heterocycles. The lowest BCUT2D eigenvalue weighted by atomic mass is 9.77. The van der Waals surface area contributed by atoms with Gasteiger partial charge in [-0.25, -0.2) is 8.60 Å². The maximum Gasteiger partial charge on any atom is 0.233 e. The molecule has 38 heavy (non-hydrogen) atoms. The molecule has 1 aliphatic heterocycles. The van der Waals surface area contributed by atoms with Crippen LogP contribution in [0.1, 0.15) is 36.1 Å². The van der Waals surface area contributed by atoms with Crippen LogP contribution in [0.5, 0.6) is 5.75 Å². The van der Waals surface area contributed by atoms with E-state index in [1.54, 1.807) is 41.3 Å². The van der Waals surface area contributed by atoms with Crippen LogP contribution in [0.2, 0.25) is 0 Å². The standard InChI is InChI=1S/C30H26FNO5S/c31-22-11-6-20(7-12-22)27(33)17-16-26-29(32(30(26)35)23-4-2-1-3-5-23)25-15-10-21(18-28(25)34)19-8-13-24(14-9-19)38(36)37/h1-15,18,26-27,29,33-34H,16-17H2,(H,36,37)/t26-,27+,29-/m1/s1. The molecule has 8 heteroatoms. The largest absolute Gasteiger partial charge is 0.508 e.